The summed E-state index contributed by atoms with van der Waals surface area (Å²) in [7, 11) is 0. The normalized spacial score (nSPS) is 15.3. The molecular formula is C23H22ClN3O2. The second kappa shape index (κ2) is 8.53. The van der Waals surface area contributed by atoms with Gasteiger partial charge in [0.2, 0.25) is 5.91 Å². The summed E-state index contributed by atoms with van der Waals surface area (Å²) in [6.45, 7) is 2.92. The Morgan fingerprint density at radius 2 is 2.00 bits per heavy atom. The highest BCUT2D eigenvalue weighted by Crippen LogP contribution is 2.27. The van der Waals surface area contributed by atoms with E-state index < -0.39 is 0 Å². The monoisotopic (exact) mass is 407 g/mol. The van der Waals surface area contributed by atoms with E-state index in [2.05, 4.69) is 16.5 Å². The summed E-state index contributed by atoms with van der Waals surface area (Å²) in [4.78, 5) is 12.2. The maximum Gasteiger partial charge on any atom is 0.244 e. The Morgan fingerprint density at radius 3 is 2.79 bits per heavy atom. The van der Waals surface area contributed by atoms with Crippen LogP contribution in [0.2, 0.25) is 5.15 Å². The highest BCUT2D eigenvalue weighted by Gasteiger charge is 2.22. The van der Waals surface area contributed by atoms with Gasteiger partial charge in [-0.25, -0.2) is 4.68 Å². The number of hydrogen-bond donors (Lipinski definition) is 1. The molecule has 0 saturated heterocycles. The first kappa shape index (κ1) is 19.3. The lowest BCUT2D eigenvalue weighted by atomic mass is 10.1. The van der Waals surface area contributed by atoms with Gasteiger partial charge in [-0.2, -0.15) is 5.10 Å². The van der Waals surface area contributed by atoms with Gasteiger partial charge < -0.3 is 10.1 Å². The van der Waals surface area contributed by atoms with E-state index in [-0.39, 0.29) is 12.0 Å². The molecule has 6 heteroatoms. The van der Waals surface area contributed by atoms with E-state index in [9.17, 15) is 4.79 Å². The third kappa shape index (κ3) is 4.51. The van der Waals surface area contributed by atoms with Crippen LogP contribution in [-0.2, 0) is 17.8 Å². The predicted molar refractivity (Wildman–Crippen MR) is 114 cm³/mol. The number of para-hydroxylation sites is 1. The maximum atomic E-state index is 12.2. The van der Waals surface area contributed by atoms with Crippen LogP contribution in [0.25, 0.3) is 6.08 Å². The number of carbonyl (C=O) groups excluding carboxylic acids is 1. The van der Waals surface area contributed by atoms with Gasteiger partial charge in [-0.15, -0.1) is 0 Å². The first-order valence-corrected chi connectivity index (χ1v) is 9.95. The van der Waals surface area contributed by atoms with Gasteiger partial charge in [-0.05, 0) is 30.2 Å². The van der Waals surface area contributed by atoms with Crippen LogP contribution in [0.4, 0.5) is 0 Å². The molecule has 0 fully saturated rings. The summed E-state index contributed by atoms with van der Waals surface area (Å²) >= 11 is 6.49. The van der Waals surface area contributed by atoms with Gasteiger partial charge in [0.05, 0.1) is 18.8 Å². The van der Waals surface area contributed by atoms with Crippen LogP contribution in [0.3, 0.4) is 0 Å². The van der Waals surface area contributed by atoms with Gasteiger partial charge >= 0.3 is 0 Å². The molecule has 4 rings (SSSR count). The molecule has 1 aromatic heterocycles. The molecule has 0 bridgehead atoms. The van der Waals surface area contributed by atoms with Crippen molar-refractivity contribution in [2.75, 3.05) is 6.54 Å². The van der Waals surface area contributed by atoms with E-state index >= 15 is 0 Å². The van der Waals surface area contributed by atoms with E-state index in [1.54, 1.807) is 10.8 Å². The van der Waals surface area contributed by atoms with E-state index in [1.807, 2.05) is 55.5 Å². The van der Waals surface area contributed by atoms with E-state index in [1.165, 1.54) is 11.6 Å². The molecule has 0 aliphatic carbocycles. The number of aryl methyl sites for hydroxylation is 1. The minimum Gasteiger partial charge on any atom is -0.488 e. The third-order valence-corrected chi connectivity index (χ3v) is 5.30. The molecule has 2 heterocycles. The second-order valence-corrected chi connectivity index (χ2v) is 7.42. The number of nitrogens with one attached hydrogen (secondary N) is 1. The lowest BCUT2D eigenvalue weighted by molar-refractivity contribution is -0.116. The van der Waals surface area contributed by atoms with Crippen molar-refractivity contribution in [1.82, 2.24) is 15.1 Å². The first-order valence-electron chi connectivity index (χ1n) is 9.57. The number of hydrogen-bond acceptors (Lipinski definition) is 3. The lowest BCUT2D eigenvalue weighted by Crippen LogP contribution is -2.33. The van der Waals surface area contributed by atoms with Crippen LogP contribution in [0.5, 0.6) is 5.75 Å². The molecule has 0 spiro atoms. The Labute approximate surface area is 175 Å². The Bertz CT molecular complexity index is 1020. The first-order chi connectivity index (χ1) is 14.1. The summed E-state index contributed by atoms with van der Waals surface area (Å²) in [6, 6.07) is 17.9. The van der Waals surface area contributed by atoms with Crippen molar-refractivity contribution in [3.8, 4) is 5.75 Å². The molecule has 5 nitrogen and oxygen atoms in total. The topological polar surface area (TPSA) is 56.2 Å². The molecule has 29 heavy (non-hydrogen) atoms. The van der Waals surface area contributed by atoms with Gasteiger partial charge in [-0.1, -0.05) is 60.1 Å². The number of amides is 1. The minimum absolute atomic E-state index is 0.0382. The van der Waals surface area contributed by atoms with Crippen LogP contribution in [0.15, 0.2) is 60.7 Å². The number of benzene rings is 2. The molecule has 0 radical (unpaired) electrons. The molecule has 1 N–H and O–H groups in total. The molecule has 1 aliphatic rings. The number of rotatable bonds is 6. The molecule has 3 aromatic rings. The van der Waals surface area contributed by atoms with Crippen LogP contribution < -0.4 is 10.1 Å². The zero-order chi connectivity index (χ0) is 20.2. The Kier molecular flexibility index (Phi) is 5.67. The van der Waals surface area contributed by atoms with Crippen molar-refractivity contribution in [2.45, 2.75) is 26.0 Å². The quantitative estimate of drug-likeness (QED) is 0.628. The van der Waals surface area contributed by atoms with Crippen molar-refractivity contribution in [3.05, 3.63) is 88.2 Å². The SMILES string of the molecule is Cc1nn(Cc2ccccc2)c(Cl)c1/C=C/C(=O)NCC1Cc2ccccc2O1. The molecule has 148 valence electrons. The van der Waals surface area contributed by atoms with Crippen molar-refractivity contribution >= 4 is 23.6 Å². The summed E-state index contributed by atoms with van der Waals surface area (Å²) in [5, 5.41) is 7.91. The number of nitrogens with zero attached hydrogens (tertiary/aromatic N) is 2. The summed E-state index contributed by atoms with van der Waals surface area (Å²) in [6.07, 6.45) is 3.97. The third-order valence-electron chi connectivity index (χ3n) is 4.90. The number of fused-ring (bicyclic) bond motifs is 1. The van der Waals surface area contributed by atoms with Crippen LogP contribution in [0.1, 0.15) is 22.4 Å². The molecular weight excluding hydrogens is 386 g/mol. The van der Waals surface area contributed by atoms with Crippen molar-refractivity contribution in [3.63, 3.8) is 0 Å². The van der Waals surface area contributed by atoms with Crippen molar-refractivity contribution < 1.29 is 9.53 Å². The van der Waals surface area contributed by atoms with Gasteiger partial charge in [0, 0.05) is 18.1 Å². The van der Waals surface area contributed by atoms with E-state index in [4.69, 9.17) is 16.3 Å². The summed E-state index contributed by atoms with van der Waals surface area (Å²) in [5.41, 5.74) is 3.82. The molecule has 1 amide bonds. The minimum atomic E-state index is -0.184. The maximum absolute atomic E-state index is 12.2. The van der Waals surface area contributed by atoms with Crippen molar-refractivity contribution in [1.29, 1.82) is 0 Å². The summed E-state index contributed by atoms with van der Waals surface area (Å²) in [5.74, 6) is 0.714. The number of halogens is 1. The zero-order valence-electron chi connectivity index (χ0n) is 16.1. The Balaban J connectivity index is 1.35. The van der Waals surface area contributed by atoms with E-state index in [0.29, 0.717) is 18.2 Å². The molecule has 0 saturated carbocycles. The molecule has 1 unspecified atom stereocenters. The van der Waals surface area contributed by atoms with Crippen molar-refractivity contribution in [2.24, 2.45) is 0 Å². The largest absolute Gasteiger partial charge is 0.488 e. The fourth-order valence-electron chi connectivity index (χ4n) is 3.42. The number of aromatic nitrogens is 2. The average molecular weight is 408 g/mol. The van der Waals surface area contributed by atoms with Gasteiger partial charge in [0.1, 0.15) is 17.0 Å². The highest BCUT2D eigenvalue weighted by atomic mass is 35.5. The number of carbonyl (C=O) groups is 1. The Morgan fingerprint density at radius 1 is 1.24 bits per heavy atom. The fraction of sp³-hybridized carbons (Fsp3) is 0.217. The van der Waals surface area contributed by atoms with Gasteiger partial charge in [0.25, 0.3) is 0 Å². The predicted octanol–water partition coefficient (Wildman–Crippen LogP) is 4.03. The summed E-state index contributed by atoms with van der Waals surface area (Å²) < 4.78 is 7.59. The van der Waals surface area contributed by atoms with Gasteiger partial charge in [0.15, 0.2) is 0 Å². The highest BCUT2D eigenvalue weighted by molar-refractivity contribution is 6.31. The number of ether oxygens (including phenoxy) is 1. The second-order valence-electron chi connectivity index (χ2n) is 7.06. The lowest BCUT2D eigenvalue weighted by Gasteiger charge is -2.10. The molecule has 1 atom stereocenters. The van der Waals surface area contributed by atoms with Crippen LogP contribution >= 0.6 is 11.6 Å². The fourth-order valence-corrected chi connectivity index (χ4v) is 3.72. The molecule has 1 aliphatic heterocycles. The van der Waals surface area contributed by atoms with E-state index in [0.717, 1.165) is 29.0 Å². The van der Waals surface area contributed by atoms with Crippen LogP contribution in [0, 0.1) is 6.92 Å². The average Bonchev–Trinajstić information content (AvgIpc) is 3.26. The zero-order valence-corrected chi connectivity index (χ0v) is 16.9. The van der Waals surface area contributed by atoms with Gasteiger partial charge in [-0.3, -0.25) is 4.79 Å². The Hall–Kier alpha value is -3.05. The molecule has 2 aromatic carbocycles. The van der Waals surface area contributed by atoms with Crippen LogP contribution in [-0.4, -0.2) is 28.3 Å². The standard InChI is InChI=1S/C23H22ClN3O2/c1-16-20(23(24)27(26-16)15-17-7-3-2-4-8-17)11-12-22(28)25-14-19-13-18-9-5-6-10-21(18)29-19/h2-12,19H,13-15H2,1H3,(H,25,28)/b12-11+. The smallest absolute Gasteiger partial charge is 0.244 e.